The quantitative estimate of drug-likeness (QED) is 0.886. The molecule has 2 fully saturated rings. The Labute approximate surface area is 166 Å². The molecule has 6 heteroatoms. The first-order valence-corrected chi connectivity index (χ1v) is 10.0. The largest absolute Gasteiger partial charge is 0.378 e. The minimum absolute atomic E-state index is 0.0185. The van der Waals surface area contributed by atoms with Crippen LogP contribution in [0.5, 0.6) is 0 Å². The highest BCUT2D eigenvalue weighted by Gasteiger charge is 2.24. The zero-order valence-electron chi connectivity index (χ0n) is 16.2. The highest BCUT2D eigenvalue weighted by Crippen LogP contribution is 2.30. The van der Waals surface area contributed by atoms with Gasteiger partial charge in [-0.2, -0.15) is 0 Å². The highest BCUT2D eigenvalue weighted by molar-refractivity contribution is 5.75. The third-order valence-electron chi connectivity index (χ3n) is 5.43. The van der Waals surface area contributed by atoms with Crippen molar-refractivity contribution in [1.82, 2.24) is 10.2 Å². The Balaban J connectivity index is 1.33. The number of hydrogen-bond donors (Lipinski definition) is 1. The van der Waals surface area contributed by atoms with Crippen molar-refractivity contribution in [2.75, 3.05) is 62.3 Å². The average molecular weight is 380 g/mol. The van der Waals surface area contributed by atoms with Crippen molar-refractivity contribution in [3.63, 3.8) is 0 Å². The number of rotatable bonds is 4. The standard InChI is InChI=1S/C22H28N4O2/c27-22(23-18-19-6-2-1-3-7-19)26-12-10-24(11-13-26)20-8-4-5-9-21(20)25-14-16-28-17-15-25/h1-9H,10-18H2,(H,23,27). The molecule has 0 unspecified atom stereocenters. The third-order valence-corrected chi connectivity index (χ3v) is 5.43. The fourth-order valence-electron chi connectivity index (χ4n) is 3.84. The molecular weight excluding hydrogens is 352 g/mol. The predicted octanol–water partition coefficient (Wildman–Crippen LogP) is 2.56. The average Bonchev–Trinajstić information content (AvgIpc) is 2.79. The number of piperazine rings is 1. The molecule has 2 aliphatic heterocycles. The number of ether oxygens (including phenoxy) is 1. The predicted molar refractivity (Wildman–Crippen MR) is 112 cm³/mol. The van der Waals surface area contributed by atoms with Gasteiger partial charge >= 0.3 is 6.03 Å². The van der Waals surface area contributed by atoms with Gasteiger partial charge in [-0.3, -0.25) is 0 Å². The van der Waals surface area contributed by atoms with Crippen molar-refractivity contribution >= 4 is 17.4 Å². The van der Waals surface area contributed by atoms with Crippen LogP contribution in [0.4, 0.5) is 16.2 Å². The van der Waals surface area contributed by atoms with E-state index in [2.05, 4.69) is 39.4 Å². The van der Waals surface area contributed by atoms with Crippen molar-refractivity contribution < 1.29 is 9.53 Å². The van der Waals surface area contributed by atoms with Crippen LogP contribution in [0.1, 0.15) is 5.56 Å². The minimum Gasteiger partial charge on any atom is -0.378 e. The number of para-hydroxylation sites is 2. The van der Waals surface area contributed by atoms with E-state index >= 15 is 0 Å². The summed E-state index contributed by atoms with van der Waals surface area (Å²) in [5, 5.41) is 3.03. The maximum Gasteiger partial charge on any atom is 0.317 e. The van der Waals surface area contributed by atoms with Crippen LogP contribution >= 0.6 is 0 Å². The Kier molecular flexibility index (Phi) is 5.97. The molecule has 2 aromatic carbocycles. The number of hydrogen-bond acceptors (Lipinski definition) is 4. The molecule has 4 rings (SSSR count). The Morgan fingerprint density at radius 3 is 2.00 bits per heavy atom. The number of anilines is 2. The van der Waals surface area contributed by atoms with Crippen molar-refractivity contribution in [2.24, 2.45) is 0 Å². The van der Waals surface area contributed by atoms with E-state index in [-0.39, 0.29) is 6.03 Å². The van der Waals surface area contributed by atoms with Crippen LogP contribution in [0.3, 0.4) is 0 Å². The molecule has 2 aromatic rings. The summed E-state index contributed by atoms with van der Waals surface area (Å²) in [7, 11) is 0. The second kappa shape index (κ2) is 8.97. The molecule has 28 heavy (non-hydrogen) atoms. The van der Waals surface area contributed by atoms with Gasteiger partial charge in [-0.05, 0) is 17.7 Å². The molecule has 1 N–H and O–H groups in total. The topological polar surface area (TPSA) is 48.1 Å². The molecule has 2 saturated heterocycles. The van der Waals surface area contributed by atoms with E-state index in [1.807, 2.05) is 35.2 Å². The van der Waals surface area contributed by atoms with E-state index in [9.17, 15) is 4.79 Å². The molecule has 0 bridgehead atoms. The maximum atomic E-state index is 12.5. The highest BCUT2D eigenvalue weighted by atomic mass is 16.5. The number of morpholine rings is 1. The van der Waals surface area contributed by atoms with Crippen molar-refractivity contribution in [2.45, 2.75) is 6.54 Å². The van der Waals surface area contributed by atoms with Crippen LogP contribution in [0.2, 0.25) is 0 Å². The fraction of sp³-hybridized carbons (Fsp3) is 0.409. The first-order valence-electron chi connectivity index (χ1n) is 10.0. The molecule has 0 aromatic heterocycles. The van der Waals surface area contributed by atoms with Gasteiger partial charge in [0, 0.05) is 45.8 Å². The van der Waals surface area contributed by atoms with Gasteiger partial charge in [-0.15, -0.1) is 0 Å². The molecule has 0 aliphatic carbocycles. The van der Waals surface area contributed by atoms with Gasteiger partial charge in [-0.25, -0.2) is 4.79 Å². The number of amides is 2. The SMILES string of the molecule is O=C(NCc1ccccc1)N1CCN(c2ccccc2N2CCOCC2)CC1. The molecule has 148 valence electrons. The number of urea groups is 1. The van der Waals surface area contributed by atoms with Crippen LogP contribution in [-0.4, -0.2) is 63.4 Å². The fourth-order valence-corrected chi connectivity index (χ4v) is 3.84. The summed E-state index contributed by atoms with van der Waals surface area (Å²) in [6, 6.07) is 18.6. The molecule has 0 spiro atoms. The first-order chi connectivity index (χ1) is 13.8. The zero-order chi connectivity index (χ0) is 19.2. The van der Waals surface area contributed by atoms with Crippen LogP contribution in [0.25, 0.3) is 0 Å². The third kappa shape index (κ3) is 4.39. The number of carbonyl (C=O) groups excluding carboxylic acids is 1. The molecule has 2 amide bonds. The van der Waals surface area contributed by atoms with Gasteiger partial charge in [0.05, 0.1) is 24.6 Å². The van der Waals surface area contributed by atoms with Crippen molar-refractivity contribution in [3.05, 3.63) is 60.2 Å². The van der Waals surface area contributed by atoms with Crippen LogP contribution < -0.4 is 15.1 Å². The van der Waals surface area contributed by atoms with E-state index in [1.54, 1.807) is 0 Å². The lowest BCUT2D eigenvalue weighted by Crippen LogP contribution is -2.52. The molecule has 0 atom stereocenters. The normalized spacial score (nSPS) is 17.5. The maximum absolute atomic E-state index is 12.5. The number of benzene rings is 2. The van der Waals surface area contributed by atoms with Gasteiger partial charge in [0.25, 0.3) is 0 Å². The molecule has 0 radical (unpaired) electrons. The Bertz CT molecular complexity index is 769. The van der Waals surface area contributed by atoms with Crippen LogP contribution in [0.15, 0.2) is 54.6 Å². The van der Waals surface area contributed by atoms with E-state index in [0.29, 0.717) is 6.54 Å². The second-order valence-corrected chi connectivity index (χ2v) is 7.21. The molecule has 6 nitrogen and oxygen atoms in total. The number of carbonyl (C=O) groups is 1. The van der Waals surface area contributed by atoms with Gasteiger partial charge in [-0.1, -0.05) is 42.5 Å². The Morgan fingerprint density at radius 2 is 1.36 bits per heavy atom. The summed E-state index contributed by atoms with van der Waals surface area (Å²) in [5.41, 5.74) is 3.65. The van der Waals surface area contributed by atoms with Gasteiger partial charge in [0.15, 0.2) is 0 Å². The number of nitrogens with one attached hydrogen (secondary N) is 1. The summed E-state index contributed by atoms with van der Waals surface area (Å²) in [6.45, 7) is 7.15. The monoisotopic (exact) mass is 380 g/mol. The zero-order valence-corrected chi connectivity index (χ0v) is 16.2. The Morgan fingerprint density at radius 1 is 0.786 bits per heavy atom. The lowest BCUT2D eigenvalue weighted by atomic mass is 10.2. The second-order valence-electron chi connectivity index (χ2n) is 7.21. The molecule has 2 aliphatic rings. The molecule has 0 saturated carbocycles. The van der Waals surface area contributed by atoms with E-state index in [4.69, 9.17) is 4.74 Å². The smallest absolute Gasteiger partial charge is 0.317 e. The summed E-state index contributed by atoms with van der Waals surface area (Å²) in [4.78, 5) is 19.2. The van der Waals surface area contributed by atoms with Crippen LogP contribution in [0, 0.1) is 0 Å². The Hall–Kier alpha value is -2.73. The minimum atomic E-state index is 0.0185. The number of nitrogens with zero attached hydrogens (tertiary/aromatic N) is 3. The van der Waals surface area contributed by atoms with Gasteiger partial charge in [0.1, 0.15) is 0 Å². The van der Waals surface area contributed by atoms with Crippen LogP contribution in [-0.2, 0) is 11.3 Å². The lowest BCUT2D eigenvalue weighted by molar-refractivity contribution is 0.122. The summed E-state index contributed by atoms with van der Waals surface area (Å²) in [5.74, 6) is 0. The van der Waals surface area contributed by atoms with E-state index in [1.165, 1.54) is 11.4 Å². The molecule has 2 heterocycles. The molecular formula is C22H28N4O2. The van der Waals surface area contributed by atoms with E-state index < -0.39 is 0 Å². The van der Waals surface area contributed by atoms with Crippen molar-refractivity contribution in [1.29, 1.82) is 0 Å². The van der Waals surface area contributed by atoms with Crippen molar-refractivity contribution in [3.8, 4) is 0 Å². The van der Waals surface area contributed by atoms with Gasteiger partial charge < -0.3 is 24.8 Å². The first kappa shape index (κ1) is 18.6. The van der Waals surface area contributed by atoms with Gasteiger partial charge in [0.2, 0.25) is 0 Å². The van der Waals surface area contributed by atoms with E-state index in [0.717, 1.165) is 58.0 Å². The summed E-state index contributed by atoms with van der Waals surface area (Å²) >= 11 is 0. The summed E-state index contributed by atoms with van der Waals surface area (Å²) < 4.78 is 5.50. The lowest BCUT2D eigenvalue weighted by Gasteiger charge is -2.39. The summed E-state index contributed by atoms with van der Waals surface area (Å²) in [6.07, 6.45) is 0.